The Morgan fingerprint density at radius 2 is 1.70 bits per heavy atom. The number of ether oxygens (including phenoxy) is 1. The highest BCUT2D eigenvalue weighted by Gasteiger charge is 2.27. The van der Waals surface area contributed by atoms with E-state index in [9.17, 15) is 9.59 Å². The van der Waals surface area contributed by atoms with Crippen LogP contribution in [0.5, 0.6) is 5.75 Å². The van der Waals surface area contributed by atoms with Crippen LogP contribution in [0.25, 0.3) is 21.7 Å². The average Bonchev–Trinajstić information content (AvgIpc) is 2.97. The molecule has 1 aromatic heterocycles. The van der Waals surface area contributed by atoms with Gasteiger partial charge in [0, 0.05) is 49.3 Å². The van der Waals surface area contributed by atoms with Gasteiger partial charge < -0.3 is 19.0 Å². The lowest BCUT2D eigenvalue weighted by Crippen LogP contribution is -2.47. The number of hydrogen-bond donors (Lipinski definition) is 0. The normalized spacial score (nSPS) is 15.4. The van der Waals surface area contributed by atoms with Crippen molar-refractivity contribution in [3.05, 3.63) is 41.7 Å². The molecule has 1 saturated heterocycles. The van der Waals surface area contributed by atoms with Crippen LogP contribution in [-0.2, 0) is 4.79 Å². The van der Waals surface area contributed by atoms with E-state index in [1.807, 2.05) is 36.1 Å². The van der Waals surface area contributed by atoms with Gasteiger partial charge in [0.05, 0.1) is 5.56 Å². The molecule has 0 atom stereocenters. The van der Waals surface area contributed by atoms with E-state index < -0.39 is 5.97 Å². The maximum Gasteiger partial charge on any atom is 0.308 e. The standard InChI is InChI=1S/C21H22N2O4/c1-13-19(21(25)23-10-8-22(3)9-11-23)17-12-18(27-14(2)24)15-6-4-5-7-16(15)20(17)26-13/h4-7,12H,8-11H2,1-3H3. The smallest absolute Gasteiger partial charge is 0.308 e. The highest BCUT2D eigenvalue weighted by molar-refractivity contribution is 6.16. The lowest BCUT2D eigenvalue weighted by atomic mass is 10.0. The zero-order valence-corrected chi connectivity index (χ0v) is 15.7. The number of amides is 1. The molecule has 1 fully saturated rings. The fourth-order valence-corrected chi connectivity index (χ4v) is 3.68. The summed E-state index contributed by atoms with van der Waals surface area (Å²) in [5.41, 5.74) is 1.20. The lowest BCUT2D eigenvalue weighted by molar-refractivity contribution is -0.131. The quantitative estimate of drug-likeness (QED) is 0.515. The molecule has 0 N–H and O–H groups in total. The minimum absolute atomic E-state index is 0.0385. The van der Waals surface area contributed by atoms with Crippen molar-refractivity contribution in [1.29, 1.82) is 0 Å². The van der Waals surface area contributed by atoms with Crippen LogP contribution >= 0.6 is 0 Å². The molecule has 3 aromatic rings. The summed E-state index contributed by atoms with van der Waals surface area (Å²) in [7, 11) is 2.05. The van der Waals surface area contributed by atoms with Crippen molar-refractivity contribution in [2.24, 2.45) is 0 Å². The fraction of sp³-hybridized carbons (Fsp3) is 0.333. The molecule has 0 bridgehead atoms. The summed E-state index contributed by atoms with van der Waals surface area (Å²) in [6, 6.07) is 9.33. The number of benzene rings is 2. The number of rotatable bonds is 2. The van der Waals surface area contributed by atoms with Crippen molar-refractivity contribution < 1.29 is 18.7 Å². The number of carbonyl (C=O) groups excluding carboxylic acids is 2. The summed E-state index contributed by atoms with van der Waals surface area (Å²) in [6.07, 6.45) is 0. The molecule has 27 heavy (non-hydrogen) atoms. The van der Waals surface area contributed by atoms with Crippen LogP contribution < -0.4 is 4.74 Å². The Kier molecular flexibility index (Phi) is 4.36. The molecule has 1 amide bonds. The van der Waals surface area contributed by atoms with E-state index in [4.69, 9.17) is 9.15 Å². The Hall–Kier alpha value is -2.86. The minimum atomic E-state index is -0.397. The predicted octanol–water partition coefficient (Wildman–Crippen LogP) is 3.21. The van der Waals surface area contributed by atoms with Crippen molar-refractivity contribution in [2.45, 2.75) is 13.8 Å². The molecule has 1 aliphatic rings. The van der Waals surface area contributed by atoms with Gasteiger partial charge in [0.1, 0.15) is 17.1 Å². The van der Waals surface area contributed by atoms with Gasteiger partial charge in [0.15, 0.2) is 0 Å². The molecular formula is C21H22N2O4. The number of aryl methyl sites for hydroxylation is 1. The van der Waals surface area contributed by atoms with E-state index in [0.717, 1.165) is 23.9 Å². The van der Waals surface area contributed by atoms with E-state index in [1.165, 1.54) is 6.92 Å². The van der Waals surface area contributed by atoms with Crippen LogP contribution in [-0.4, -0.2) is 54.9 Å². The lowest BCUT2D eigenvalue weighted by Gasteiger charge is -2.32. The minimum Gasteiger partial charge on any atom is -0.460 e. The van der Waals surface area contributed by atoms with E-state index in [-0.39, 0.29) is 5.91 Å². The Labute approximate surface area is 157 Å². The number of nitrogens with zero attached hydrogens (tertiary/aromatic N) is 2. The number of hydrogen-bond acceptors (Lipinski definition) is 5. The average molecular weight is 366 g/mol. The van der Waals surface area contributed by atoms with Crippen molar-refractivity contribution in [1.82, 2.24) is 9.80 Å². The van der Waals surface area contributed by atoms with Crippen molar-refractivity contribution in [3.63, 3.8) is 0 Å². The molecule has 2 heterocycles. The van der Waals surface area contributed by atoms with Gasteiger partial charge in [-0.1, -0.05) is 24.3 Å². The highest BCUT2D eigenvalue weighted by Crippen LogP contribution is 2.38. The first-order valence-electron chi connectivity index (χ1n) is 9.07. The number of fused-ring (bicyclic) bond motifs is 3. The van der Waals surface area contributed by atoms with Crippen LogP contribution in [0.1, 0.15) is 23.0 Å². The Bertz CT molecular complexity index is 1050. The molecule has 0 spiro atoms. The third-order valence-electron chi connectivity index (χ3n) is 5.09. The van der Waals surface area contributed by atoms with Crippen molar-refractivity contribution in [2.75, 3.05) is 33.2 Å². The predicted molar refractivity (Wildman–Crippen MR) is 103 cm³/mol. The van der Waals surface area contributed by atoms with Gasteiger partial charge in [0.2, 0.25) is 0 Å². The molecule has 0 saturated carbocycles. The zero-order chi connectivity index (χ0) is 19.1. The third-order valence-corrected chi connectivity index (χ3v) is 5.09. The van der Waals surface area contributed by atoms with Gasteiger partial charge in [-0.25, -0.2) is 0 Å². The summed E-state index contributed by atoms with van der Waals surface area (Å²) in [5, 5.41) is 2.30. The van der Waals surface area contributed by atoms with E-state index in [2.05, 4.69) is 11.9 Å². The number of furan rings is 1. The van der Waals surface area contributed by atoms with Crippen molar-refractivity contribution in [3.8, 4) is 5.75 Å². The maximum absolute atomic E-state index is 13.2. The first kappa shape index (κ1) is 17.5. The molecule has 1 aliphatic heterocycles. The number of piperazine rings is 1. The van der Waals surface area contributed by atoms with Gasteiger partial charge in [-0.05, 0) is 20.0 Å². The Morgan fingerprint density at radius 1 is 1.04 bits per heavy atom. The second kappa shape index (κ2) is 6.70. The summed E-state index contributed by atoms with van der Waals surface area (Å²) < 4.78 is 11.4. The van der Waals surface area contributed by atoms with Gasteiger partial charge in [-0.15, -0.1) is 0 Å². The van der Waals surface area contributed by atoms with Crippen LogP contribution in [0.4, 0.5) is 0 Å². The van der Waals surface area contributed by atoms with Crippen LogP contribution in [0.3, 0.4) is 0 Å². The SMILES string of the molecule is CC(=O)Oc1cc2c(C(=O)N3CCN(C)CC3)c(C)oc2c2ccccc12. The number of likely N-dealkylation sites (N-methyl/N-ethyl adjacent to an activating group) is 1. The van der Waals surface area contributed by atoms with Crippen LogP contribution in [0.2, 0.25) is 0 Å². The van der Waals surface area contributed by atoms with E-state index in [1.54, 1.807) is 6.07 Å². The second-order valence-corrected chi connectivity index (χ2v) is 7.02. The maximum atomic E-state index is 13.2. The molecule has 0 aliphatic carbocycles. The monoisotopic (exact) mass is 366 g/mol. The Balaban J connectivity index is 1.89. The summed E-state index contributed by atoms with van der Waals surface area (Å²) >= 11 is 0. The summed E-state index contributed by atoms with van der Waals surface area (Å²) in [4.78, 5) is 28.8. The third kappa shape index (κ3) is 3.06. The van der Waals surface area contributed by atoms with Gasteiger partial charge in [-0.3, -0.25) is 9.59 Å². The molecule has 0 unspecified atom stereocenters. The second-order valence-electron chi connectivity index (χ2n) is 7.02. The largest absolute Gasteiger partial charge is 0.460 e. The molecule has 140 valence electrons. The first-order chi connectivity index (χ1) is 13.0. The van der Waals surface area contributed by atoms with E-state index >= 15 is 0 Å². The molecule has 0 radical (unpaired) electrons. The van der Waals surface area contributed by atoms with Gasteiger partial charge in [0.25, 0.3) is 5.91 Å². The summed E-state index contributed by atoms with van der Waals surface area (Å²) in [6.45, 7) is 6.25. The summed E-state index contributed by atoms with van der Waals surface area (Å²) in [5.74, 6) is 0.591. The fourth-order valence-electron chi connectivity index (χ4n) is 3.68. The zero-order valence-electron chi connectivity index (χ0n) is 15.7. The van der Waals surface area contributed by atoms with Gasteiger partial charge >= 0.3 is 5.97 Å². The Morgan fingerprint density at radius 3 is 2.37 bits per heavy atom. The number of esters is 1. The molecule has 6 nitrogen and oxygen atoms in total. The molecule has 4 rings (SSSR count). The topological polar surface area (TPSA) is 63.0 Å². The van der Waals surface area contributed by atoms with Crippen LogP contribution in [0.15, 0.2) is 34.7 Å². The van der Waals surface area contributed by atoms with Gasteiger partial charge in [-0.2, -0.15) is 0 Å². The first-order valence-corrected chi connectivity index (χ1v) is 9.07. The van der Waals surface area contributed by atoms with Crippen LogP contribution in [0, 0.1) is 6.92 Å². The number of carbonyl (C=O) groups is 2. The molecular weight excluding hydrogens is 344 g/mol. The van der Waals surface area contributed by atoms with E-state index in [0.29, 0.717) is 41.1 Å². The highest BCUT2D eigenvalue weighted by atomic mass is 16.5. The molecule has 2 aromatic carbocycles. The molecule has 6 heteroatoms. The van der Waals surface area contributed by atoms with Crippen molar-refractivity contribution >= 4 is 33.6 Å².